The lowest BCUT2D eigenvalue weighted by atomic mass is 10.1. The first kappa shape index (κ1) is 14.3. The highest BCUT2D eigenvalue weighted by Gasteiger charge is 2.37. The van der Waals surface area contributed by atoms with Crippen molar-refractivity contribution in [1.82, 2.24) is 10.3 Å². The van der Waals surface area contributed by atoms with Crippen LogP contribution in [0.1, 0.15) is 43.5 Å². The van der Waals surface area contributed by atoms with Crippen LogP contribution in [0.15, 0.2) is 16.7 Å². The molecule has 0 saturated heterocycles. The monoisotopic (exact) mass is 325 g/mol. The van der Waals surface area contributed by atoms with E-state index < -0.39 is 0 Å². The Morgan fingerprint density at radius 2 is 2.26 bits per heavy atom. The molecule has 0 bridgehead atoms. The van der Waals surface area contributed by atoms with Crippen molar-refractivity contribution >= 4 is 27.7 Å². The molecular formula is C14H20BrN3O. The Labute approximate surface area is 122 Å². The minimum Gasteiger partial charge on any atom is -0.369 e. The highest BCUT2D eigenvalue weighted by molar-refractivity contribution is 9.10. The molecule has 2 rings (SSSR count). The lowest BCUT2D eigenvalue weighted by molar-refractivity contribution is 0.0946. The van der Waals surface area contributed by atoms with E-state index >= 15 is 0 Å². The van der Waals surface area contributed by atoms with Crippen molar-refractivity contribution in [3.8, 4) is 0 Å². The molecule has 0 aromatic carbocycles. The first-order valence-corrected chi connectivity index (χ1v) is 7.51. The number of aromatic nitrogens is 1. The molecule has 2 N–H and O–H groups in total. The molecule has 104 valence electrons. The van der Waals surface area contributed by atoms with Gasteiger partial charge in [0.25, 0.3) is 5.91 Å². The van der Waals surface area contributed by atoms with Crippen molar-refractivity contribution in [2.45, 2.75) is 33.1 Å². The van der Waals surface area contributed by atoms with Gasteiger partial charge in [0.2, 0.25) is 0 Å². The van der Waals surface area contributed by atoms with Gasteiger partial charge in [-0.3, -0.25) is 4.79 Å². The van der Waals surface area contributed by atoms with Crippen LogP contribution in [0.2, 0.25) is 0 Å². The first-order chi connectivity index (χ1) is 9.04. The molecule has 1 aromatic rings. The molecular weight excluding hydrogens is 306 g/mol. The summed E-state index contributed by atoms with van der Waals surface area (Å²) in [6, 6.07) is 1.82. The third kappa shape index (κ3) is 3.93. The van der Waals surface area contributed by atoms with Crippen molar-refractivity contribution in [3.05, 3.63) is 22.3 Å². The lowest BCUT2D eigenvalue weighted by Crippen LogP contribution is -2.30. The summed E-state index contributed by atoms with van der Waals surface area (Å²) in [5.41, 5.74) is 0.915. The highest BCUT2D eigenvalue weighted by atomic mass is 79.9. The minimum absolute atomic E-state index is 0.0551. The van der Waals surface area contributed by atoms with Gasteiger partial charge in [0.1, 0.15) is 5.82 Å². The quantitative estimate of drug-likeness (QED) is 0.844. The molecule has 0 aliphatic heterocycles. The molecule has 1 heterocycles. The Morgan fingerprint density at radius 1 is 1.53 bits per heavy atom. The van der Waals surface area contributed by atoms with Gasteiger partial charge in [-0.1, -0.05) is 13.8 Å². The summed E-state index contributed by atoms with van der Waals surface area (Å²) in [5, 5.41) is 6.20. The van der Waals surface area contributed by atoms with Crippen molar-refractivity contribution in [2.24, 2.45) is 5.41 Å². The molecule has 1 aliphatic rings. The molecule has 1 saturated carbocycles. The van der Waals surface area contributed by atoms with Gasteiger partial charge >= 0.3 is 0 Å². The normalized spacial score (nSPS) is 15.9. The zero-order chi connectivity index (χ0) is 13.9. The maximum Gasteiger partial charge on any atom is 0.255 e. The Kier molecular flexibility index (Phi) is 4.45. The van der Waals surface area contributed by atoms with E-state index in [1.54, 1.807) is 6.20 Å². The lowest BCUT2D eigenvalue weighted by Gasteiger charge is -2.13. The van der Waals surface area contributed by atoms with Gasteiger partial charge in [-0.2, -0.15) is 0 Å². The van der Waals surface area contributed by atoms with Crippen LogP contribution < -0.4 is 10.6 Å². The van der Waals surface area contributed by atoms with Gasteiger partial charge in [0, 0.05) is 23.8 Å². The van der Waals surface area contributed by atoms with E-state index in [4.69, 9.17) is 0 Å². The molecule has 5 heteroatoms. The van der Waals surface area contributed by atoms with Crippen LogP contribution in [0, 0.1) is 5.41 Å². The molecule has 0 radical (unpaired) electrons. The van der Waals surface area contributed by atoms with Crippen LogP contribution in [0.5, 0.6) is 0 Å². The van der Waals surface area contributed by atoms with E-state index in [1.165, 1.54) is 12.8 Å². The maximum atomic E-state index is 12.2. The molecule has 0 atom stereocenters. The fourth-order valence-corrected chi connectivity index (χ4v) is 2.11. The summed E-state index contributed by atoms with van der Waals surface area (Å²) in [6.45, 7) is 5.83. The van der Waals surface area contributed by atoms with E-state index in [0.717, 1.165) is 24.0 Å². The summed E-state index contributed by atoms with van der Waals surface area (Å²) >= 11 is 3.37. The average molecular weight is 326 g/mol. The van der Waals surface area contributed by atoms with E-state index in [1.807, 2.05) is 6.07 Å². The SMILES string of the molecule is CCCNc1ncc(Br)cc1C(=O)NCC1(C)CC1. The molecule has 4 nitrogen and oxygen atoms in total. The molecule has 0 unspecified atom stereocenters. The first-order valence-electron chi connectivity index (χ1n) is 6.72. The minimum atomic E-state index is -0.0551. The number of pyridine rings is 1. The number of nitrogens with one attached hydrogen (secondary N) is 2. The molecule has 1 aromatic heterocycles. The highest BCUT2D eigenvalue weighted by Crippen LogP contribution is 2.44. The number of carbonyl (C=O) groups excluding carboxylic acids is 1. The maximum absolute atomic E-state index is 12.2. The molecule has 19 heavy (non-hydrogen) atoms. The molecule has 1 fully saturated rings. The Hall–Kier alpha value is -1.10. The van der Waals surface area contributed by atoms with Crippen LogP contribution in [-0.2, 0) is 0 Å². The zero-order valence-corrected chi connectivity index (χ0v) is 13.0. The zero-order valence-electron chi connectivity index (χ0n) is 11.4. The van der Waals surface area contributed by atoms with Crippen LogP contribution in [0.4, 0.5) is 5.82 Å². The molecule has 1 aliphatic carbocycles. The second kappa shape index (κ2) is 5.90. The van der Waals surface area contributed by atoms with Crippen LogP contribution in [0.25, 0.3) is 0 Å². The largest absolute Gasteiger partial charge is 0.369 e. The Balaban J connectivity index is 2.07. The topological polar surface area (TPSA) is 54.0 Å². The van der Waals surface area contributed by atoms with Crippen LogP contribution in [0.3, 0.4) is 0 Å². The standard InChI is InChI=1S/C14H20BrN3O/c1-3-6-16-12-11(7-10(15)8-17-12)13(19)18-9-14(2)4-5-14/h7-8H,3-6,9H2,1-2H3,(H,16,17)(H,18,19). The molecule has 0 spiro atoms. The predicted octanol–water partition coefficient (Wildman–Crippen LogP) is 3.20. The predicted molar refractivity (Wildman–Crippen MR) is 80.4 cm³/mol. The third-order valence-corrected chi connectivity index (χ3v) is 3.85. The van der Waals surface area contributed by atoms with E-state index in [-0.39, 0.29) is 5.91 Å². The number of carbonyl (C=O) groups is 1. The number of hydrogen-bond donors (Lipinski definition) is 2. The number of nitrogens with zero attached hydrogens (tertiary/aromatic N) is 1. The number of hydrogen-bond acceptors (Lipinski definition) is 3. The van der Waals surface area contributed by atoms with Crippen molar-refractivity contribution in [3.63, 3.8) is 0 Å². The summed E-state index contributed by atoms with van der Waals surface area (Å²) in [6.07, 6.45) is 5.10. The number of rotatable bonds is 6. The Bertz CT molecular complexity index is 472. The summed E-state index contributed by atoms with van der Waals surface area (Å²) in [4.78, 5) is 16.5. The van der Waals surface area contributed by atoms with Crippen LogP contribution >= 0.6 is 15.9 Å². The number of halogens is 1. The summed E-state index contributed by atoms with van der Waals surface area (Å²) in [7, 11) is 0. The van der Waals surface area contributed by atoms with Crippen molar-refractivity contribution in [1.29, 1.82) is 0 Å². The van der Waals surface area contributed by atoms with Gasteiger partial charge in [-0.15, -0.1) is 0 Å². The van der Waals surface area contributed by atoms with E-state index in [9.17, 15) is 4.79 Å². The fraction of sp³-hybridized carbons (Fsp3) is 0.571. The fourth-order valence-electron chi connectivity index (χ4n) is 1.78. The van der Waals surface area contributed by atoms with Crippen LogP contribution in [-0.4, -0.2) is 24.0 Å². The van der Waals surface area contributed by atoms with E-state index in [2.05, 4.69) is 45.4 Å². The summed E-state index contributed by atoms with van der Waals surface area (Å²) in [5.74, 6) is 0.601. The number of amides is 1. The van der Waals surface area contributed by atoms with Crippen molar-refractivity contribution < 1.29 is 4.79 Å². The van der Waals surface area contributed by atoms with Gasteiger partial charge in [0.05, 0.1) is 5.56 Å². The smallest absolute Gasteiger partial charge is 0.255 e. The Morgan fingerprint density at radius 3 is 2.89 bits per heavy atom. The van der Waals surface area contributed by atoms with Gasteiger partial charge in [-0.05, 0) is 46.7 Å². The van der Waals surface area contributed by atoms with E-state index in [0.29, 0.717) is 16.8 Å². The second-order valence-electron chi connectivity index (χ2n) is 5.47. The summed E-state index contributed by atoms with van der Waals surface area (Å²) < 4.78 is 0.817. The average Bonchev–Trinajstić information content (AvgIpc) is 3.13. The van der Waals surface area contributed by atoms with Gasteiger partial charge in [-0.25, -0.2) is 4.98 Å². The van der Waals surface area contributed by atoms with Gasteiger partial charge < -0.3 is 10.6 Å². The van der Waals surface area contributed by atoms with Gasteiger partial charge in [0.15, 0.2) is 0 Å². The second-order valence-corrected chi connectivity index (χ2v) is 6.39. The third-order valence-electron chi connectivity index (χ3n) is 3.42. The molecule has 1 amide bonds. The number of anilines is 1. The van der Waals surface area contributed by atoms with Crippen molar-refractivity contribution in [2.75, 3.05) is 18.4 Å².